The van der Waals surface area contributed by atoms with E-state index in [0.717, 1.165) is 24.0 Å². The molecule has 0 saturated heterocycles. The molecule has 0 saturated carbocycles. The Labute approximate surface area is 90.9 Å². The van der Waals surface area contributed by atoms with Gasteiger partial charge in [0, 0.05) is 17.6 Å². The SMILES string of the molecule is CC(C)N1c2c(C=O)cccc2CC1C. The van der Waals surface area contributed by atoms with Crippen molar-refractivity contribution in [2.75, 3.05) is 4.90 Å². The van der Waals surface area contributed by atoms with Crippen molar-refractivity contribution in [1.29, 1.82) is 0 Å². The van der Waals surface area contributed by atoms with Crippen molar-refractivity contribution >= 4 is 12.0 Å². The molecule has 2 heteroatoms. The van der Waals surface area contributed by atoms with Crippen LogP contribution in [0.2, 0.25) is 0 Å². The molecule has 1 heterocycles. The van der Waals surface area contributed by atoms with E-state index in [1.165, 1.54) is 5.56 Å². The number of nitrogens with zero attached hydrogens (tertiary/aromatic N) is 1. The lowest BCUT2D eigenvalue weighted by Crippen LogP contribution is -2.36. The van der Waals surface area contributed by atoms with Gasteiger partial charge in [-0.15, -0.1) is 0 Å². The highest BCUT2D eigenvalue weighted by atomic mass is 16.1. The zero-order chi connectivity index (χ0) is 11.0. The summed E-state index contributed by atoms with van der Waals surface area (Å²) in [6.45, 7) is 6.56. The Balaban J connectivity index is 2.54. The monoisotopic (exact) mass is 203 g/mol. The number of benzene rings is 1. The maximum Gasteiger partial charge on any atom is 0.152 e. The number of hydrogen-bond acceptors (Lipinski definition) is 2. The van der Waals surface area contributed by atoms with E-state index in [0.29, 0.717) is 12.1 Å². The lowest BCUT2D eigenvalue weighted by Gasteiger charge is -2.30. The van der Waals surface area contributed by atoms with Crippen molar-refractivity contribution in [3.8, 4) is 0 Å². The number of aldehydes is 1. The van der Waals surface area contributed by atoms with Crippen molar-refractivity contribution in [2.45, 2.75) is 39.3 Å². The summed E-state index contributed by atoms with van der Waals surface area (Å²) in [5, 5.41) is 0. The molecule has 0 amide bonds. The van der Waals surface area contributed by atoms with Gasteiger partial charge in [-0.25, -0.2) is 0 Å². The van der Waals surface area contributed by atoms with Gasteiger partial charge in [0.25, 0.3) is 0 Å². The molecule has 0 fully saturated rings. The van der Waals surface area contributed by atoms with Crippen molar-refractivity contribution in [2.24, 2.45) is 0 Å². The lowest BCUT2D eigenvalue weighted by molar-refractivity contribution is 0.112. The standard InChI is InChI=1S/C13H17NO/c1-9(2)14-10(3)7-11-5-4-6-12(8-15)13(11)14/h4-6,8-10H,7H2,1-3H3. The molecule has 0 N–H and O–H groups in total. The van der Waals surface area contributed by atoms with Crippen LogP contribution in [0.3, 0.4) is 0 Å². The van der Waals surface area contributed by atoms with Crippen molar-refractivity contribution < 1.29 is 4.79 Å². The van der Waals surface area contributed by atoms with Gasteiger partial charge in [0.2, 0.25) is 0 Å². The van der Waals surface area contributed by atoms with Gasteiger partial charge >= 0.3 is 0 Å². The molecule has 1 aliphatic heterocycles. The number of rotatable bonds is 2. The molecule has 1 aromatic rings. The molecule has 80 valence electrons. The molecule has 0 radical (unpaired) electrons. The van der Waals surface area contributed by atoms with Gasteiger partial charge < -0.3 is 4.90 Å². The first-order valence-electron chi connectivity index (χ1n) is 5.50. The van der Waals surface area contributed by atoms with Crippen LogP contribution in [0.1, 0.15) is 36.7 Å². The quantitative estimate of drug-likeness (QED) is 0.689. The summed E-state index contributed by atoms with van der Waals surface area (Å²) in [7, 11) is 0. The van der Waals surface area contributed by atoms with Gasteiger partial charge in [-0.05, 0) is 38.8 Å². The Morgan fingerprint density at radius 1 is 1.47 bits per heavy atom. The fourth-order valence-electron chi connectivity index (χ4n) is 2.59. The number of para-hydroxylation sites is 1. The molecule has 0 aliphatic carbocycles. The Kier molecular flexibility index (Phi) is 2.51. The Hall–Kier alpha value is -1.31. The average molecular weight is 203 g/mol. The molecule has 1 unspecified atom stereocenters. The van der Waals surface area contributed by atoms with Crippen LogP contribution in [0.5, 0.6) is 0 Å². The van der Waals surface area contributed by atoms with E-state index in [4.69, 9.17) is 0 Å². The molecule has 0 aromatic heterocycles. The van der Waals surface area contributed by atoms with E-state index < -0.39 is 0 Å². The van der Waals surface area contributed by atoms with Crippen LogP contribution in [0.25, 0.3) is 0 Å². The minimum absolute atomic E-state index is 0.447. The van der Waals surface area contributed by atoms with Crippen LogP contribution in [0.4, 0.5) is 5.69 Å². The summed E-state index contributed by atoms with van der Waals surface area (Å²) < 4.78 is 0. The topological polar surface area (TPSA) is 20.3 Å². The fraction of sp³-hybridized carbons (Fsp3) is 0.462. The molecule has 0 spiro atoms. The van der Waals surface area contributed by atoms with Crippen LogP contribution in [-0.4, -0.2) is 18.4 Å². The summed E-state index contributed by atoms with van der Waals surface area (Å²) >= 11 is 0. The zero-order valence-corrected chi connectivity index (χ0v) is 9.53. The van der Waals surface area contributed by atoms with Crippen LogP contribution in [0, 0.1) is 0 Å². The highest BCUT2D eigenvalue weighted by molar-refractivity contribution is 5.87. The first kappa shape index (κ1) is 10.2. The van der Waals surface area contributed by atoms with Gasteiger partial charge in [-0.1, -0.05) is 12.1 Å². The van der Waals surface area contributed by atoms with E-state index in [2.05, 4.69) is 31.7 Å². The number of carbonyl (C=O) groups is 1. The van der Waals surface area contributed by atoms with Crippen molar-refractivity contribution in [3.63, 3.8) is 0 Å². The third-order valence-electron chi connectivity index (χ3n) is 3.08. The maximum atomic E-state index is 11.0. The largest absolute Gasteiger partial charge is 0.365 e. The second kappa shape index (κ2) is 3.69. The third kappa shape index (κ3) is 1.54. The van der Waals surface area contributed by atoms with Gasteiger partial charge in [-0.2, -0.15) is 0 Å². The molecule has 2 nitrogen and oxygen atoms in total. The number of hydrogen-bond donors (Lipinski definition) is 0. The Morgan fingerprint density at radius 2 is 2.20 bits per heavy atom. The fourth-order valence-corrected chi connectivity index (χ4v) is 2.59. The molecule has 1 atom stereocenters. The minimum atomic E-state index is 0.447. The first-order chi connectivity index (χ1) is 7.15. The minimum Gasteiger partial charge on any atom is -0.365 e. The third-order valence-corrected chi connectivity index (χ3v) is 3.08. The number of carbonyl (C=O) groups excluding carboxylic acids is 1. The first-order valence-corrected chi connectivity index (χ1v) is 5.50. The van der Waals surface area contributed by atoms with E-state index in [9.17, 15) is 4.79 Å². The predicted octanol–water partition coefficient (Wildman–Crippen LogP) is 2.66. The van der Waals surface area contributed by atoms with E-state index in [1.54, 1.807) is 0 Å². The van der Waals surface area contributed by atoms with Crippen molar-refractivity contribution in [3.05, 3.63) is 29.3 Å². The summed E-state index contributed by atoms with van der Waals surface area (Å²) in [6.07, 6.45) is 2.02. The van der Waals surface area contributed by atoms with Gasteiger partial charge in [0.15, 0.2) is 6.29 Å². The molecule has 2 rings (SSSR count). The summed E-state index contributed by atoms with van der Waals surface area (Å²) in [5.74, 6) is 0. The van der Waals surface area contributed by atoms with E-state index in [1.807, 2.05) is 12.1 Å². The maximum absolute atomic E-state index is 11.0. The van der Waals surface area contributed by atoms with Crippen LogP contribution >= 0.6 is 0 Å². The number of fused-ring (bicyclic) bond motifs is 1. The number of anilines is 1. The van der Waals surface area contributed by atoms with E-state index >= 15 is 0 Å². The zero-order valence-electron chi connectivity index (χ0n) is 9.53. The molecular weight excluding hydrogens is 186 g/mol. The highest BCUT2D eigenvalue weighted by Gasteiger charge is 2.29. The summed E-state index contributed by atoms with van der Waals surface area (Å²) in [6, 6.07) is 6.95. The van der Waals surface area contributed by atoms with Crippen LogP contribution < -0.4 is 4.90 Å². The predicted molar refractivity (Wildman–Crippen MR) is 62.6 cm³/mol. The smallest absolute Gasteiger partial charge is 0.152 e. The summed E-state index contributed by atoms with van der Waals surface area (Å²) in [5.41, 5.74) is 3.28. The van der Waals surface area contributed by atoms with E-state index in [-0.39, 0.29) is 0 Å². The average Bonchev–Trinajstić information content (AvgIpc) is 2.53. The normalized spacial score (nSPS) is 19.5. The van der Waals surface area contributed by atoms with Gasteiger partial charge in [0.05, 0.1) is 5.69 Å². The van der Waals surface area contributed by atoms with Crippen LogP contribution in [0.15, 0.2) is 18.2 Å². The molecular formula is C13H17NO. The molecule has 1 aliphatic rings. The van der Waals surface area contributed by atoms with Gasteiger partial charge in [0.1, 0.15) is 0 Å². The van der Waals surface area contributed by atoms with Gasteiger partial charge in [-0.3, -0.25) is 4.79 Å². The lowest BCUT2D eigenvalue weighted by atomic mass is 10.1. The Morgan fingerprint density at radius 3 is 2.80 bits per heavy atom. The molecule has 1 aromatic carbocycles. The molecule has 0 bridgehead atoms. The Bertz CT molecular complexity index is 384. The van der Waals surface area contributed by atoms with Crippen LogP contribution in [-0.2, 0) is 6.42 Å². The summed E-state index contributed by atoms with van der Waals surface area (Å²) in [4.78, 5) is 13.4. The van der Waals surface area contributed by atoms with Crippen molar-refractivity contribution in [1.82, 2.24) is 0 Å². The second-order valence-electron chi connectivity index (χ2n) is 4.53. The molecule has 15 heavy (non-hydrogen) atoms. The highest BCUT2D eigenvalue weighted by Crippen LogP contribution is 2.35. The second-order valence-corrected chi connectivity index (χ2v) is 4.53.